The SMILES string of the molecule is COc1ccc(C[NH+]2CC[NH+](CC(=O)N(C)C(C)(C)C#N)CC2)cc1. The maximum atomic E-state index is 12.4. The molecule has 2 N–H and O–H groups in total. The molecule has 1 aromatic carbocycles. The van der Waals surface area contributed by atoms with Crippen molar-refractivity contribution in [2.75, 3.05) is 46.9 Å². The van der Waals surface area contributed by atoms with E-state index in [1.807, 2.05) is 12.1 Å². The van der Waals surface area contributed by atoms with Crippen molar-refractivity contribution in [1.29, 1.82) is 5.26 Å². The molecular formula is C19H30N4O2+2. The molecule has 1 aliphatic heterocycles. The summed E-state index contributed by atoms with van der Waals surface area (Å²) >= 11 is 0. The molecule has 136 valence electrons. The molecule has 0 aromatic heterocycles. The van der Waals surface area contributed by atoms with Crippen molar-refractivity contribution < 1.29 is 19.3 Å². The Morgan fingerprint density at radius 2 is 1.76 bits per heavy atom. The summed E-state index contributed by atoms with van der Waals surface area (Å²) in [6.07, 6.45) is 0. The third-order valence-corrected chi connectivity index (χ3v) is 5.16. The van der Waals surface area contributed by atoms with Gasteiger partial charge in [0.05, 0.1) is 13.2 Å². The van der Waals surface area contributed by atoms with Gasteiger partial charge in [-0.2, -0.15) is 5.26 Å². The molecule has 1 amide bonds. The predicted molar refractivity (Wildman–Crippen MR) is 95.4 cm³/mol. The molecular weight excluding hydrogens is 316 g/mol. The van der Waals surface area contributed by atoms with E-state index < -0.39 is 5.54 Å². The lowest BCUT2D eigenvalue weighted by Gasteiger charge is -2.33. The van der Waals surface area contributed by atoms with Crippen molar-refractivity contribution in [2.45, 2.75) is 25.9 Å². The molecule has 0 saturated carbocycles. The first-order valence-corrected chi connectivity index (χ1v) is 8.83. The highest BCUT2D eigenvalue weighted by Crippen LogP contribution is 2.10. The van der Waals surface area contributed by atoms with Gasteiger partial charge in [0.1, 0.15) is 44.0 Å². The third kappa shape index (κ3) is 5.18. The molecule has 1 fully saturated rings. The van der Waals surface area contributed by atoms with E-state index in [-0.39, 0.29) is 5.91 Å². The minimum Gasteiger partial charge on any atom is -0.497 e. The van der Waals surface area contributed by atoms with E-state index in [0.717, 1.165) is 38.5 Å². The summed E-state index contributed by atoms with van der Waals surface area (Å²) in [5.41, 5.74) is 0.559. The molecule has 1 aliphatic rings. The molecule has 0 bridgehead atoms. The summed E-state index contributed by atoms with van der Waals surface area (Å²) in [4.78, 5) is 16.8. The second-order valence-corrected chi connectivity index (χ2v) is 7.33. The van der Waals surface area contributed by atoms with Crippen LogP contribution in [-0.2, 0) is 11.3 Å². The minimum absolute atomic E-state index is 0.0418. The Morgan fingerprint density at radius 1 is 1.20 bits per heavy atom. The van der Waals surface area contributed by atoms with E-state index in [0.29, 0.717) is 6.54 Å². The number of hydrogen-bond acceptors (Lipinski definition) is 3. The van der Waals surface area contributed by atoms with Crippen LogP contribution in [0.1, 0.15) is 19.4 Å². The smallest absolute Gasteiger partial charge is 0.278 e. The number of piperazine rings is 1. The first-order valence-electron chi connectivity index (χ1n) is 8.83. The fraction of sp³-hybridized carbons (Fsp3) is 0.579. The second-order valence-electron chi connectivity index (χ2n) is 7.33. The van der Waals surface area contributed by atoms with Crippen LogP contribution in [0.5, 0.6) is 5.75 Å². The first-order chi connectivity index (χ1) is 11.9. The Balaban J connectivity index is 1.79. The number of nitrogens with one attached hydrogen (secondary N) is 2. The van der Waals surface area contributed by atoms with Gasteiger partial charge in [-0.05, 0) is 38.1 Å². The summed E-state index contributed by atoms with van der Waals surface area (Å²) in [6, 6.07) is 10.4. The zero-order valence-corrected chi connectivity index (χ0v) is 15.8. The molecule has 2 rings (SSSR count). The van der Waals surface area contributed by atoms with E-state index >= 15 is 0 Å². The molecule has 0 spiro atoms. The number of hydrogen-bond donors (Lipinski definition) is 2. The molecule has 25 heavy (non-hydrogen) atoms. The van der Waals surface area contributed by atoms with Crippen LogP contribution in [-0.4, -0.2) is 63.2 Å². The number of likely N-dealkylation sites (N-methyl/N-ethyl adjacent to an activating group) is 1. The van der Waals surface area contributed by atoms with Crippen molar-refractivity contribution in [3.8, 4) is 11.8 Å². The van der Waals surface area contributed by atoms with Crippen LogP contribution in [0, 0.1) is 11.3 Å². The molecule has 0 aliphatic carbocycles. The van der Waals surface area contributed by atoms with Gasteiger partial charge in [-0.15, -0.1) is 0 Å². The summed E-state index contributed by atoms with van der Waals surface area (Å²) in [5, 5.41) is 9.17. The lowest BCUT2D eigenvalue weighted by atomic mass is 10.1. The van der Waals surface area contributed by atoms with Crippen LogP contribution in [0.3, 0.4) is 0 Å². The Morgan fingerprint density at radius 3 is 2.28 bits per heavy atom. The van der Waals surface area contributed by atoms with Crippen molar-refractivity contribution in [3.63, 3.8) is 0 Å². The van der Waals surface area contributed by atoms with Crippen LogP contribution in [0.25, 0.3) is 0 Å². The zero-order chi connectivity index (χ0) is 18.4. The van der Waals surface area contributed by atoms with E-state index in [1.54, 1.807) is 37.8 Å². The van der Waals surface area contributed by atoms with Gasteiger partial charge >= 0.3 is 0 Å². The Labute approximate surface area is 150 Å². The summed E-state index contributed by atoms with van der Waals surface area (Å²) in [7, 11) is 3.40. The number of ether oxygens (including phenoxy) is 1. The molecule has 1 aromatic rings. The van der Waals surface area contributed by atoms with Gasteiger partial charge in [0.2, 0.25) is 0 Å². The van der Waals surface area contributed by atoms with E-state index in [1.165, 1.54) is 10.5 Å². The number of rotatable bonds is 6. The van der Waals surface area contributed by atoms with Crippen LogP contribution in [0.2, 0.25) is 0 Å². The quantitative estimate of drug-likeness (QED) is 0.676. The summed E-state index contributed by atoms with van der Waals surface area (Å²) in [6.45, 7) is 9.11. The predicted octanol–water partition coefficient (Wildman–Crippen LogP) is -1.26. The van der Waals surface area contributed by atoms with Gasteiger partial charge < -0.3 is 19.4 Å². The Kier molecular flexibility index (Phi) is 6.40. The normalized spacial score (nSPS) is 20.6. The van der Waals surface area contributed by atoms with Crippen LogP contribution in [0.15, 0.2) is 24.3 Å². The minimum atomic E-state index is -0.752. The molecule has 0 radical (unpaired) electrons. The highest BCUT2D eigenvalue weighted by atomic mass is 16.5. The van der Waals surface area contributed by atoms with Crippen LogP contribution >= 0.6 is 0 Å². The van der Waals surface area contributed by atoms with Gasteiger partial charge in [-0.1, -0.05) is 0 Å². The highest BCUT2D eigenvalue weighted by molar-refractivity contribution is 5.78. The number of methoxy groups -OCH3 is 1. The monoisotopic (exact) mass is 346 g/mol. The lowest BCUT2D eigenvalue weighted by molar-refractivity contribution is -1.02. The molecule has 0 atom stereocenters. The fourth-order valence-electron chi connectivity index (χ4n) is 3.06. The van der Waals surface area contributed by atoms with E-state index in [2.05, 4.69) is 18.2 Å². The van der Waals surface area contributed by atoms with Gasteiger partial charge in [-0.25, -0.2) is 0 Å². The lowest BCUT2D eigenvalue weighted by Crippen LogP contribution is -3.28. The third-order valence-electron chi connectivity index (χ3n) is 5.16. The van der Waals surface area contributed by atoms with Gasteiger partial charge in [0, 0.05) is 12.6 Å². The average molecular weight is 346 g/mol. The van der Waals surface area contributed by atoms with Gasteiger partial charge in [0.15, 0.2) is 6.54 Å². The standard InChI is InChI=1S/C19H28N4O2/c1-19(2,15-20)21(3)18(24)14-23-11-9-22(10-12-23)13-16-5-7-17(25-4)8-6-16/h5-8H,9-14H2,1-4H3/p+2. The maximum Gasteiger partial charge on any atom is 0.278 e. The van der Waals surface area contributed by atoms with Crippen molar-refractivity contribution >= 4 is 5.91 Å². The van der Waals surface area contributed by atoms with Crippen molar-refractivity contribution in [2.24, 2.45) is 0 Å². The van der Waals surface area contributed by atoms with E-state index in [9.17, 15) is 4.79 Å². The van der Waals surface area contributed by atoms with Crippen LogP contribution < -0.4 is 14.5 Å². The second kappa shape index (κ2) is 8.32. The van der Waals surface area contributed by atoms with Gasteiger partial charge in [0.25, 0.3) is 5.91 Å². The summed E-state index contributed by atoms with van der Waals surface area (Å²) in [5.74, 6) is 0.927. The fourth-order valence-corrected chi connectivity index (χ4v) is 3.06. The van der Waals surface area contributed by atoms with Crippen molar-refractivity contribution in [3.05, 3.63) is 29.8 Å². The van der Waals surface area contributed by atoms with E-state index in [4.69, 9.17) is 10.00 Å². The maximum absolute atomic E-state index is 12.4. The molecule has 6 heteroatoms. The number of benzene rings is 1. The van der Waals surface area contributed by atoms with Gasteiger partial charge in [-0.3, -0.25) is 4.79 Å². The molecule has 0 unspecified atom stereocenters. The first kappa shape index (κ1) is 19.2. The van der Waals surface area contributed by atoms with Crippen LogP contribution in [0.4, 0.5) is 0 Å². The zero-order valence-electron chi connectivity index (χ0n) is 15.8. The number of quaternary nitrogens is 2. The highest BCUT2D eigenvalue weighted by Gasteiger charge is 2.31. The number of amides is 1. The summed E-state index contributed by atoms with van der Waals surface area (Å²) < 4.78 is 5.20. The number of carbonyl (C=O) groups is 1. The Hall–Kier alpha value is -2.10. The van der Waals surface area contributed by atoms with Crippen molar-refractivity contribution in [1.82, 2.24) is 4.90 Å². The topological polar surface area (TPSA) is 62.2 Å². The molecule has 1 saturated heterocycles. The molecule has 1 heterocycles. The number of nitriles is 1. The Bertz CT molecular complexity index is 613. The number of nitrogens with zero attached hydrogens (tertiary/aromatic N) is 2. The molecule has 6 nitrogen and oxygen atoms in total. The average Bonchev–Trinajstić information content (AvgIpc) is 2.63. The largest absolute Gasteiger partial charge is 0.497 e. The number of carbonyl (C=O) groups excluding carboxylic acids is 1.